The Hall–Kier alpha value is -2.78. The van der Waals surface area contributed by atoms with E-state index < -0.39 is 29.1 Å². The third kappa shape index (κ3) is 4.33. The van der Waals surface area contributed by atoms with E-state index in [2.05, 4.69) is 10.6 Å². The number of aliphatic hydroxyl groups is 1. The van der Waals surface area contributed by atoms with Gasteiger partial charge in [0, 0.05) is 41.8 Å². The second-order valence-corrected chi connectivity index (χ2v) is 10.4. The van der Waals surface area contributed by atoms with Crippen LogP contribution in [0.4, 0.5) is 8.78 Å². The summed E-state index contributed by atoms with van der Waals surface area (Å²) in [4.78, 5) is 13.0. The predicted molar refractivity (Wildman–Crippen MR) is 141 cm³/mol. The standard InChI is InChI=1S/C29H31ClF2N2O4/c1-28(32)23(37-14-13-35)11-10-18(27(36)33-2)25(28)24-19-16-29(22-9-6-12-34-22,17-7-4-3-5-8-17)38-21(19)15-20(31)26(24)30/h3-5,7-8,10-11,15,22-23,34-35H,6,9,12-14,16H2,1-2H3,(H,33,36)/t22-,23?,28?,29-/m0/s1. The summed E-state index contributed by atoms with van der Waals surface area (Å²) in [7, 11) is 1.44. The first kappa shape index (κ1) is 26.8. The minimum absolute atomic E-state index is 0.0206. The molecule has 5 rings (SSSR count). The van der Waals surface area contributed by atoms with Gasteiger partial charge in [0.1, 0.15) is 17.7 Å². The van der Waals surface area contributed by atoms with Crippen LogP contribution in [0.3, 0.4) is 0 Å². The number of ether oxygens (including phenoxy) is 2. The smallest absolute Gasteiger partial charge is 0.251 e. The Labute approximate surface area is 225 Å². The van der Waals surface area contributed by atoms with E-state index in [4.69, 9.17) is 21.1 Å². The first-order valence-corrected chi connectivity index (χ1v) is 13.2. The number of hydrogen-bond donors (Lipinski definition) is 3. The molecule has 3 aliphatic rings. The molecule has 202 valence electrons. The number of hydrogen-bond acceptors (Lipinski definition) is 5. The molecule has 0 saturated carbocycles. The zero-order valence-corrected chi connectivity index (χ0v) is 22.1. The second-order valence-electron chi connectivity index (χ2n) is 10.0. The van der Waals surface area contributed by atoms with Gasteiger partial charge in [-0.25, -0.2) is 8.78 Å². The quantitative estimate of drug-likeness (QED) is 0.486. The first-order valence-electron chi connectivity index (χ1n) is 12.8. The Morgan fingerprint density at radius 1 is 1.34 bits per heavy atom. The molecule has 0 spiro atoms. The molecule has 6 nitrogen and oxygen atoms in total. The van der Waals surface area contributed by atoms with Crippen molar-refractivity contribution in [1.29, 1.82) is 0 Å². The Morgan fingerprint density at radius 3 is 2.76 bits per heavy atom. The van der Waals surface area contributed by atoms with Crippen LogP contribution < -0.4 is 15.4 Å². The molecule has 9 heteroatoms. The highest BCUT2D eigenvalue weighted by atomic mass is 35.5. The number of nitrogens with one attached hydrogen (secondary N) is 2. The molecule has 2 unspecified atom stereocenters. The molecule has 38 heavy (non-hydrogen) atoms. The van der Waals surface area contributed by atoms with E-state index in [0.29, 0.717) is 12.0 Å². The van der Waals surface area contributed by atoms with Crippen molar-refractivity contribution in [2.45, 2.75) is 49.6 Å². The predicted octanol–water partition coefficient (Wildman–Crippen LogP) is 4.24. The number of halogens is 3. The molecular formula is C29H31ClF2N2O4. The minimum Gasteiger partial charge on any atom is -0.480 e. The van der Waals surface area contributed by atoms with Crippen LogP contribution in [-0.4, -0.2) is 55.6 Å². The van der Waals surface area contributed by atoms with Gasteiger partial charge in [0.25, 0.3) is 5.91 Å². The number of alkyl halides is 1. The molecule has 1 amide bonds. The maximum Gasteiger partial charge on any atom is 0.251 e. The van der Waals surface area contributed by atoms with Crippen molar-refractivity contribution >= 4 is 23.1 Å². The first-order chi connectivity index (χ1) is 18.2. The van der Waals surface area contributed by atoms with Crippen molar-refractivity contribution in [3.63, 3.8) is 0 Å². The molecule has 1 fully saturated rings. The highest BCUT2D eigenvalue weighted by molar-refractivity contribution is 6.33. The molecule has 4 atom stereocenters. The van der Waals surface area contributed by atoms with Gasteiger partial charge in [-0.1, -0.05) is 54.1 Å². The lowest BCUT2D eigenvalue weighted by atomic mass is 9.75. The van der Waals surface area contributed by atoms with Gasteiger partial charge in [-0.3, -0.25) is 4.79 Å². The van der Waals surface area contributed by atoms with Crippen LogP contribution in [0.2, 0.25) is 5.02 Å². The molecule has 0 radical (unpaired) electrons. The van der Waals surface area contributed by atoms with Gasteiger partial charge in [-0.15, -0.1) is 0 Å². The maximum absolute atomic E-state index is 16.8. The van der Waals surface area contributed by atoms with Crippen LogP contribution >= 0.6 is 11.6 Å². The van der Waals surface area contributed by atoms with Gasteiger partial charge in [-0.05, 0) is 31.9 Å². The fourth-order valence-corrected chi connectivity index (χ4v) is 6.23. The summed E-state index contributed by atoms with van der Waals surface area (Å²) in [6.45, 7) is 1.69. The summed E-state index contributed by atoms with van der Waals surface area (Å²) in [5.74, 6) is -1.05. The number of carbonyl (C=O) groups is 1. The summed E-state index contributed by atoms with van der Waals surface area (Å²) in [6.07, 6.45) is 3.87. The van der Waals surface area contributed by atoms with E-state index in [-0.39, 0.29) is 46.7 Å². The van der Waals surface area contributed by atoms with Gasteiger partial charge >= 0.3 is 0 Å². The average Bonchev–Trinajstić information content (AvgIpc) is 3.58. The van der Waals surface area contributed by atoms with Crippen molar-refractivity contribution in [3.05, 3.63) is 81.7 Å². The van der Waals surface area contributed by atoms with Crippen LogP contribution in [0.25, 0.3) is 5.57 Å². The fourth-order valence-electron chi connectivity index (χ4n) is 5.97. The molecule has 2 aromatic rings. The Morgan fingerprint density at radius 2 is 2.11 bits per heavy atom. The molecule has 2 aromatic carbocycles. The number of amides is 1. The lowest BCUT2D eigenvalue weighted by Gasteiger charge is -2.36. The van der Waals surface area contributed by atoms with E-state index in [1.165, 1.54) is 32.2 Å². The van der Waals surface area contributed by atoms with E-state index in [0.717, 1.165) is 24.9 Å². The topological polar surface area (TPSA) is 79.8 Å². The van der Waals surface area contributed by atoms with Crippen molar-refractivity contribution in [3.8, 4) is 5.75 Å². The number of carbonyl (C=O) groups excluding carboxylic acids is 1. The second kappa shape index (κ2) is 10.4. The summed E-state index contributed by atoms with van der Waals surface area (Å²) < 4.78 is 44.5. The number of likely N-dealkylation sites (N-methyl/N-ethyl adjacent to an activating group) is 1. The van der Waals surface area contributed by atoms with Gasteiger partial charge in [-0.2, -0.15) is 0 Å². The summed E-state index contributed by atoms with van der Waals surface area (Å²) in [5, 5.41) is 15.1. The number of benzene rings is 2. The van der Waals surface area contributed by atoms with E-state index in [9.17, 15) is 9.90 Å². The van der Waals surface area contributed by atoms with Gasteiger partial charge in [0.15, 0.2) is 11.3 Å². The van der Waals surface area contributed by atoms with Gasteiger partial charge in [0.2, 0.25) is 0 Å². The van der Waals surface area contributed by atoms with Crippen molar-refractivity contribution in [2.24, 2.45) is 0 Å². The third-order valence-corrected chi connectivity index (χ3v) is 8.11. The largest absolute Gasteiger partial charge is 0.480 e. The fraction of sp³-hybridized carbons (Fsp3) is 0.414. The molecule has 3 N–H and O–H groups in total. The van der Waals surface area contributed by atoms with Crippen LogP contribution in [0.5, 0.6) is 5.75 Å². The lowest BCUT2D eigenvalue weighted by molar-refractivity contribution is -0.116. The maximum atomic E-state index is 16.8. The highest BCUT2D eigenvalue weighted by Gasteiger charge is 2.52. The molecule has 1 aliphatic carbocycles. The monoisotopic (exact) mass is 544 g/mol. The zero-order chi connectivity index (χ0) is 27.1. The van der Waals surface area contributed by atoms with Crippen LogP contribution in [0, 0.1) is 5.82 Å². The van der Waals surface area contributed by atoms with Crippen LogP contribution in [0.15, 0.2) is 54.1 Å². The normalized spacial score (nSPS) is 28.4. The van der Waals surface area contributed by atoms with Crippen molar-refractivity contribution < 1.29 is 28.2 Å². The van der Waals surface area contributed by atoms with Crippen molar-refractivity contribution in [2.75, 3.05) is 26.8 Å². The number of aliphatic hydroxyl groups excluding tert-OH is 1. The molecule has 0 bridgehead atoms. The number of fused-ring (bicyclic) bond motifs is 1. The van der Waals surface area contributed by atoms with Crippen LogP contribution in [0.1, 0.15) is 36.5 Å². The molecular weight excluding hydrogens is 514 g/mol. The third-order valence-electron chi connectivity index (χ3n) is 7.74. The van der Waals surface area contributed by atoms with Gasteiger partial charge in [0.05, 0.1) is 24.3 Å². The molecule has 0 aromatic heterocycles. The van der Waals surface area contributed by atoms with E-state index >= 15 is 8.78 Å². The lowest BCUT2D eigenvalue weighted by Crippen LogP contribution is -2.49. The summed E-state index contributed by atoms with van der Waals surface area (Å²) in [5.41, 5.74) is -1.66. The van der Waals surface area contributed by atoms with Gasteiger partial charge < -0.3 is 25.2 Å². The number of rotatable bonds is 7. The van der Waals surface area contributed by atoms with E-state index in [1.54, 1.807) is 0 Å². The molecule has 2 aliphatic heterocycles. The highest BCUT2D eigenvalue weighted by Crippen LogP contribution is 2.53. The molecule has 2 heterocycles. The van der Waals surface area contributed by atoms with Crippen LogP contribution in [-0.2, 0) is 21.6 Å². The Balaban J connectivity index is 1.73. The SMILES string of the molecule is CNC(=O)C1=C(c2c(Cl)c(F)cc3c2C[C@](c2ccccc2)([C@@H]2CCCN2)O3)C(C)(F)C(OCCO)C=C1. The zero-order valence-electron chi connectivity index (χ0n) is 21.3. The Kier molecular flexibility index (Phi) is 7.35. The average molecular weight is 545 g/mol. The molecule has 1 saturated heterocycles. The Bertz CT molecular complexity index is 1290. The van der Waals surface area contributed by atoms with E-state index in [1.807, 2.05) is 30.3 Å². The minimum atomic E-state index is -2.28. The van der Waals surface area contributed by atoms with Crippen molar-refractivity contribution in [1.82, 2.24) is 10.6 Å². The summed E-state index contributed by atoms with van der Waals surface area (Å²) in [6, 6.07) is 10.9. The summed E-state index contributed by atoms with van der Waals surface area (Å²) >= 11 is 6.62.